The van der Waals surface area contributed by atoms with Crippen molar-refractivity contribution in [2.75, 3.05) is 11.1 Å². The summed E-state index contributed by atoms with van der Waals surface area (Å²) in [6.45, 7) is 0.0937. The van der Waals surface area contributed by atoms with Crippen molar-refractivity contribution in [2.24, 2.45) is 0 Å². The summed E-state index contributed by atoms with van der Waals surface area (Å²) >= 11 is 6.62. The van der Waals surface area contributed by atoms with Crippen LogP contribution >= 0.6 is 57.0 Å². The van der Waals surface area contributed by atoms with Gasteiger partial charge in [0.2, 0.25) is 5.91 Å². The molecule has 1 amide bonds. The molecule has 0 aliphatic heterocycles. The highest BCUT2D eigenvalue weighted by Gasteiger charge is 2.14. The number of amides is 1. The molecular formula is C29H18IN5O3S3. The SMILES string of the molecule is O=C(CSc1nnc(COc2ccnc3ccc(-c4cc5ccccc5s4)cc23)o1)Nc1nc2ccc(I)cc2s1. The van der Waals surface area contributed by atoms with E-state index in [1.165, 1.54) is 26.3 Å². The molecule has 0 unspecified atom stereocenters. The number of thiophene rings is 1. The fourth-order valence-electron chi connectivity index (χ4n) is 4.25. The van der Waals surface area contributed by atoms with Gasteiger partial charge in [-0.25, -0.2) is 4.98 Å². The lowest BCUT2D eigenvalue weighted by Gasteiger charge is -2.08. The lowest BCUT2D eigenvalue weighted by molar-refractivity contribution is -0.113. The van der Waals surface area contributed by atoms with Crippen molar-refractivity contribution in [3.8, 4) is 16.2 Å². The summed E-state index contributed by atoms with van der Waals surface area (Å²) in [6, 6.07) is 24.6. The summed E-state index contributed by atoms with van der Waals surface area (Å²) in [5.41, 5.74) is 2.80. The first kappa shape index (κ1) is 26.3. The molecule has 0 spiro atoms. The fourth-order valence-corrected chi connectivity index (χ4v) is 7.52. The lowest BCUT2D eigenvalue weighted by Crippen LogP contribution is -2.13. The van der Waals surface area contributed by atoms with Gasteiger partial charge in [0.25, 0.3) is 11.1 Å². The predicted octanol–water partition coefficient (Wildman–Crippen LogP) is 8.02. The first-order chi connectivity index (χ1) is 20.1. The highest BCUT2D eigenvalue weighted by atomic mass is 127. The minimum atomic E-state index is -0.197. The van der Waals surface area contributed by atoms with Crippen LogP contribution in [0.5, 0.6) is 5.75 Å². The molecule has 1 N–H and O–H groups in total. The van der Waals surface area contributed by atoms with Gasteiger partial charge in [-0.2, -0.15) is 0 Å². The number of hydrogen-bond acceptors (Lipinski definition) is 10. The zero-order valence-electron chi connectivity index (χ0n) is 21.0. The summed E-state index contributed by atoms with van der Waals surface area (Å²) in [7, 11) is 0. The zero-order valence-corrected chi connectivity index (χ0v) is 25.6. The number of nitrogens with one attached hydrogen (secondary N) is 1. The average molecular weight is 708 g/mol. The molecule has 7 aromatic rings. The maximum absolute atomic E-state index is 12.5. The number of ether oxygens (including phenoxy) is 1. The number of benzene rings is 3. The Morgan fingerprint density at radius 1 is 0.976 bits per heavy atom. The third kappa shape index (κ3) is 5.77. The molecule has 3 aromatic carbocycles. The summed E-state index contributed by atoms with van der Waals surface area (Å²) < 4.78 is 15.2. The highest BCUT2D eigenvalue weighted by molar-refractivity contribution is 14.1. The summed E-state index contributed by atoms with van der Waals surface area (Å²) in [5, 5.41) is 14.0. The minimum Gasteiger partial charge on any atom is -0.483 e. The van der Waals surface area contributed by atoms with E-state index in [0.717, 1.165) is 42.0 Å². The molecular weight excluding hydrogens is 689 g/mol. The van der Waals surface area contributed by atoms with Crippen LogP contribution in [-0.4, -0.2) is 31.8 Å². The van der Waals surface area contributed by atoms with Gasteiger partial charge in [-0.15, -0.1) is 21.5 Å². The van der Waals surface area contributed by atoms with E-state index in [1.54, 1.807) is 17.5 Å². The van der Waals surface area contributed by atoms with Crippen LogP contribution in [0.2, 0.25) is 0 Å². The van der Waals surface area contributed by atoms with E-state index in [-0.39, 0.29) is 18.3 Å². The lowest BCUT2D eigenvalue weighted by atomic mass is 10.1. The van der Waals surface area contributed by atoms with Crippen molar-refractivity contribution >= 4 is 99.3 Å². The number of thioether (sulfide) groups is 1. The number of carbonyl (C=O) groups excluding carboxylic acids is 1. The first-order valence-electron chi connectivity index (χ1n) is 12.4. The molecule has 0 bridgehead atoms. The second-order valence-corrected chi connectivity index (χ2v) is 13.2. The van der Waals surface area contributed by atoms with Gasteiger partial charge in [-0.05, 0) is 82.1 Å². The third-order valence-corrected chi connectivity index (χ3v) is 9.72. The molecule has 4 heterocycles. The van der Waals surface area contributed by atoms with Crippen LogP contribution in [0.15, 0.2) is 88.6 Å². The molecule has 0 saturated heterocycles. The van der Waals surface area contributed by atoms with E-state index in [4.69, 9.17) is 9.15 Å². The van der Waals surface area contributed by atoms with Gasteiger partial charge in [0, 0.05) is 24.7 Å². The molecule has 0 saturated carbocycles. The molecule has 0 atom stereocenters. The van der Waals surface area contributed by atoms with E-state index in [9.17, 15) is 4.79 Å². The molecule has 8 nitrogen and oxygen atoms in total. The van der Waals surface area contributed by atoms with Gasteiger partial charge in [-0.1, -0.05) is 47.4 Å². The van der Waals surface area contributed by atoms with Gasteiger partial charge >= 0.3 is 0 Å². The Morgan fingerprint density at radius 2 is 1.88 bits per heavy atom. The highest BCUT2D eigenvalue weighted by Crippen LogP contribution is 2.36. The van der Waals surface area contributed by atoms with Crippen LogP contribution in [0.25, 0.3) is 41.6 Å². The Bertz CT molecular complexity index is 2020. The Balaban J connectivity index is 0.997. The number of pyridine rings is 1. The van der Waals surface area contributed by atoms with Gasteiger partial charge in [0.05, 0.1) is 21.5 Å². The Kier molecular flexibility index (Phi) is 7.29. The third-order valence-electron chi connectivity index (χ3n) is 6.13. The van der Waals surface area contributed by atoms with E-state index in [0.29, 0.717) is 22.0 Å². The van der Waals surface area contributed by atoms with Gasteiger partial charge in [0.15, 0.2) is 11.7 Å². The monoisotopic (exact) mass is 707 g/mol. The van der Waals surface area contributed by atoms with Crippen LogP contribution in [0, 0.1) is 3.57 Å². The number of nitrogens with zero attached hydrogens (tertiary/aromatic N) is 4. The molecule has 0 aliphatic carbocycles. The minimum absolute atomic E-state index is 0.0937. The summed E-state index contributed by atoms with van der Waals surface area (Å²) in [4.78, 5) is 22.6. The summed E-state index contributed by atoms with van der Waals surface area (Å²) in [5.74, 6) is 0.915. The molecule has 0 aliphatic rings. The number of hydrogen-bond donors (Lipinski definition) is 1. The number of halogens is 1. The van der Waals surface area contributed by atoms with Crippen molar-refractivity contribution in [3.05, 3.63) is 88.5 Å². The maximum Gasteiger partial charge on any atom is 0.277 e. The molecule has 0 radical (unpaired) electrons. The van der Waals surface area contributed by atoms with Crippen molar-refractivity contribution in [1.29, 1.82) is 0 Å². The van der Waals surface area contributed by atoms with Crippen molar-refractivity contribution in [3.63, 3.8) is 0 Å². The van der Waals surface area contributed by atoms with Crippen LogP contribution < -0.4 is 10.1 Å². The zero-order chi connectivity index (χ0) is 27.8. The second kappa shape index (κ2) is 11.4. The van der Waals surface area contributed by atoms with Crippen LogP contribution in [0.4, 0.5) is 5.13 Å². The topological polar surface area (TPSA) is 103 Å². The molecule has 12 heteroatoms. The number of anilines is 1. The average Bonchev–Trinajstić information content (AvgIpc) is 3.72. The van der Waals surface area contributed by atoms with Crippen LogP contribution in [-0.2, 0) is 11.4 Å². The van der Waals surface area contributed by atoms with Crippen LogP contribution in [0.1, 0.15) is 5.89 Å². The van der Waals surface area contributed by atoms with Gasteiger partial charge in [-0.3, -0.25) is 9.78 Å². The van der Waals surface area contributed by atoms with E-state index in [2.05, 4.69) is 90.5 Å². The Morgan fingerprint density at radius 3 is 2.80 bits per heavy atom. The second-order valence-electron chi connectivity index (χ2n) is 8.91. The number of aromatic nitrogens is 4. The number of fused-ring (bicyclic) bond motifs is 3. The molecule has 4 aromatic heterocycles. The normalized spacial score (nSPS) is 11.4. The first-order valence-corrected chi connectivity index (χ1v) is 16.1. The van der Waals surface area contributed by atoms with Crippen LogP contribution in [0.3, 0.4) is 0 Å². The molecule has 41 heavy (non-hydrogen) atoms. The van der Waals surface area contributed by atoms with Crippen molar-refractivity contribution in [2.45, 2.75) is 11.8 Å². The molecule has 202 valence electrons. The fraction of sp³-hybridized carbons (Fsp3) is 0.0690. The Hall–Kier alpha value is -3.59. The van der Waals surface area contributed by atoms with E-state index in [1.807, 2.05) is 30.3 Å². The Labute approximate surface area is 259 Å². The standard InChI is InChI=1S/C29H18IN5O3S3/c30-18-6-8-21-25(13-18)41-28(32-21)33-26(36)15-39-29-35-34-27(38-29)14-37-22-9-10-31-20-7-5-17(11-19(20)22)24-12-16-3-1-2-4-23(16)40-24/h1-13H,14-15H2,(H,32,33,36). The number of thiazole rings is 1. The number of carbonyl (C=O) groups is 1. The predicted molar refractivity (Wildman–Crippen MR) is 173 cm³/mol. The van der Waals surface area contributed by atoms with Gasteiger partial charge < -0.3 is 14.5 Å². The van der Waals surface area contributed by atoms with Crippen molar-refractivity contribution in [1.82, 2.24) is 20.2 Å². The molecule has 7 rings (SSSR count). The molecule has 0 fully saturated rings. The number of rotatable bonds is 8. The quantitative estimate of drug-likeness (QED) is 0.125. The van der Waals surface area contributed by atoms with E-state index < -0.39 is 0 Å². The smallest absolute Gasteiger partial charge is 0.277 e. The largest absolute Gasteiger partial charge is 0.483 e. The van der Waals surface area contributed by atoms with Gasteiger partial charge in [0.1, 0.15) is 5.75 Å². The van der Waals surface area contributed by atoms with E-state index >= 15 is 0 Å². The van der Waals surface area contributed by atoms with Crippen molar-refractivity contribution < 1.29 is 13.9 Å². The summed E-state index contributed by atoms with van der Waals surface area (Å²) in [6.07, 6.45) is 1.72. The maximum atomic E-state index is 12.5.